The van der Waals surface area contributed by atoms with Crippen LogP contribution in [0, 0.1) is 5.82 Å². The number of amides is 1. The van der Waals surface area contributed by atoms with Crippen LogP contribution >= 0.6 is 0 Å². The number of hydrogen-bond donors (Lipinski definition) is 1. The van der Waals surface area contributed by atoms with Crippen LogP contribution < -0.4 is 14.8 Å². The number of aromatic nitrogens is 2. The molecule has 4 rings (SSSR count). The maximum atomic E-state index is 13.0. The van der Waals surface area contributed by atoms with Crippen LogP contribution in [0.2, 0.25) is 0 Å². The van der Waals surface area contributed by atoms with Gasteiger partial charge in [0, 0.05) is 11.8 Å². The molecule has 162 valence electrons. The molecule has 1 aromatic heterocycles. The smallest absolute Gasteiger partial charge is 0.255 e. The lowest BCUT2D eigenvalue weighted by atomic mass is 10.1. The van der Waals surface area contributed by atoms with E-state index in [4.69, 9.17) is 9.47 Å². The predicted octanol–water partition coefficient (Wildman–Crippen LogP) is 4.91. The van der Waals surface area contributed by atoms with Crippen LogP contribution in [0.4, 0.5) is 10.1 Å². The van der Waals surface area contributed by atoms with Crippen molar-refractivity contribution in [3.05, 3.63) is 108 Å². The SMILES string of the molecule is COc1ccccc1OCc1cccc(C(=O)Nc2cnn(Cc3ccc(F)cc3)c2)c1. The van der Waals surface area contributed by atoms with Crippen LogP contribution in [0.25, 0.3) is 0 Å². The summed E-state index contributed by atoms with van der Waals surface area (Å²) in [5.41, 5.74) is 2.86. The van der Waals surface area contributed by atoms with E-state index in [-0.39, 0.29) is 11.7 Å². The molecule has 1 heterocycles. The Kier molecular flexibility index (Phi) is 6.46. The minimum Gasteiger partial charge on any atom is -0.493 e. The second-order valence-electron chi connectivity index (χ2n) is 7.15. The normalized spacial score (nSPS) is 10.6. The van der Waals surface area contributed by atoms with Crippen molar-refractivity contribution in [1.82, 2.24) is 9.78 Å². The van der Waals surface area contributed by atoms with Gasteiger partial charge in [-0.25, -0.2) is 4.39 Å². The maximum Gasteiger partial charge on any atom is 0.255 e. The van der Waals surface area contributed by atoms with Gasteiger partial charge in [-0.05, 0) is 47.5 Å². The standard InChI is InChI=1S/C25H22FN3O3/c1-31-23-7-2-3-8-24(23)32-17-19-5-4-6-20(13-19)25(30)28-22-14-27-29(16-22)15-18-9-11-21(26)12-10-18/h2-14,16H,15,17H2,1H3,(H,28,30). The van der Waals surface area contributed by atoms with Gasteiger partial charge in [-0.2, -0.15) is 5.10 Å². The molecule has 32 heavy (non-hydrogen) atoms. The number of carbonyl (C=O) groups excluding carboxylic acids is 1. The Labute approximate surface area is 185 Å². The van der Waals surface area contributed by atoms with Gasteiger partial charge in [0.1, 0.15) is 12.4 Å². The molecule has 0 aliphatic carbocycles. The van der Waals surface area contributed by atoms with Crippen LogP contribution in [0.1, 0.15) is 21.5 Å². The zero-order chi connectivity index (χ0) is 22.3. The summed E-state index contributed by atoms with van der Waals surface area (Å²) in [6, 6.07) is 20.9. The first kappa shape index (κ1) is 21.1. The van der Waals surface area contributed by atoms with E-state index in [1.807, 2.05) is 36.4 Å². The van der Waals surface area contributed by atoms with E-state index in [1.54, 1.807) is 48.5 Å². The minimum absolute atomic E-state index is 0.245. The van der Waals surface area contributed by atoms with E-state index in [0.717, 1.165) is 11.1 Å². The number of benzene rings is 3. The number of ether oxygens (including phenoxy) is 2. The molecule has 0 unspecified atom stereocenters. The third-order valence-electron chi connectivity index (χ3n) is 4.80. The van der Waals surface area contributed by atoms with Gasteiger partial charge in [0.2, 0.25) is 0 Å². The van der Waals surface area contributed by atoms with E-state index in [9.17, 15) is 9.18 Å². The summed E-state index contributed by atoms with van der Waals surface area (Å²) < 4.78 is 25.9. The lowest BCUT2D eigenvalue weighted by Gasteiger charge is -2.11. The van der Waals surface area contributed by atoms with Crippen molar-refractivity contribution < 1.29 is 18.7 Å². The molecule has 0 fully saturated rings. The fourth-order valence-electron chi connectivity index (χ4n) is 3.20. The molecular formula is C25H22FN3O3. The molecule has 1 amide bonds. The Morgan fingerprint density at radius 3 is 2.56 bits per heavy atom. The maximum absolute atomic E-state index is 13.0. The quantitative estimate of drug-likeness (QED) is 0.431. The molecule has 0 radical (unpaired) electrons. The van der Waals surface area contributed by atoms with Gasteiger partial charge in [0.25, 0.3) is 5.91 Å². The molecule has 0 saturated heterocycles. The Balaban J connectivity index is 1.37. The largest absolute Gasteiger partial charge is 0.493 e. The third kappa shape index (κ3) is 5.31. The molecule has 0 aliphatic rings. The molecule has 7 heteroatoms. The van der Waals surface area contributed by atoms with Crippen LogP contribution in [-0.4, -0.2) is 22.8 Å². The van der Waals surface area contributed by atoms with Crippen molar-refractivity contribution in [2.24, 2.45) is 0 Å². The summed E-state index contributed by atoms with van der Waals surface area (Å²) in [6.45, 7) is 0.781. The van der Waals surface area contributed by atoms with Crippen molar-refractivity contribution in [1.29, 1.82) is 0 Å². The molecule has 0 bridgehead atoms. The summed E-state index contributed by atoms with van der Waals surface area (Å²) in [5.74, 6) is 0.764. The van der Waals surface area contributed by atoms with Gasteiger partial charge in [0.05, 0.1) is 25.5 Å². The molecular weight excluding hydrogens is 409 g/mol. The van der Waals surface area contributed by atoms with E-state index < -0.39 is 0 Å². The fraction of sp³-hybridized carbons (Fsp3) is 0.120. The highest BCUT2D eigenvalue weighted by atomic mass is 19.1. The van der Waals surface area contributed by atoms with Gasteiger partial charge in [0.15, 0.2) is 11.5 Å². The molecule has 0 saturated carbocycles. The lowest BCUT2D eigenvalue weighted by molar-refractivity contribution is 0.102. The highest BCUT2D eigenvalue weighted by Gasteiger charge is 2.10. The molecule has 1 N–H and O–H groups in total. The number of hydrogen-bond acceptors (Lipinski definition) is 4. The number of nitrogens with one attached hydrogen (secondary N) is 1. The predicted molar refractivity (Wildman–Crippen MR) is 119 cm³/mol. The van der Waals surface area contributed by atoms with Crippen molar-refractivity contribution in [3.63, 3.8) is 0 Å². The average Bonchev–Trinajstić information content (AvgIpc) is 3.26. The highest BCUT2D eigenvalue weighted by Crippen LogP contribution is 2.26. The van der Waals surface area contributed by atoms with E-state index in [2.05, 4.69) is 10.4 Å². The Morgan fingerprint density at radius 1 is 1.00 bits per heavy atom. The summed E-state index contributed by atoms with van der Waals surface area (Å²) in [4.78, 5) is 12.7. The van der Waals surface area contributed by atoms with Crippen LogP contribution in [0.15, 0.2) is 85.2 Å². The molecule has 0 aliphatic heterocycles. The fourth-order valence-corrected chi connectivity index (χ4v) is 3.20. The van der Waals surface area contributed by atoms with E-state index in [1.165, 1.54) is 12.1 Å². The molecule has 3 aromatic carbocycles. The molecule has 0 spiro atoms. The summed E-state index contributed by atoms with van der Waals surface area (Å²) in [7, 11) is 1.59. The van der Waals surface area contributed by atoms with Crippen LogP contribution in [0.3, 0.4) is 0 Å². The number of para-hydroxylation sites is 2. The van der Waals surface area contributed by atoms with Crippen molar-refractivity contribution >= 4 is 11.6 Å². The van der Waals surface area contributed by atoms with Gasteiger partial charge in [-0.1, -0.05) is 36.4 Å². The van der Waals surface area contributed by atoms with Crippen LogP contribution in [0.5, 0.6) is 11.5 Å². The number of carbonyl (C=O) groups is 1. The molecule has 4 aromatic rings. The van der Waals surface area contributed by atoms with Gasteiger partial charge < -0.3 is 14.8 Å². The first-order valence-corrected chi connectivity index (χ1v) is 10.0. The highest BCUT2D eigenvalue weighted by molar-refractivity contribution is 6.04. The first-order valence-electron chi connectivity index (χ1n) is 10.0. The van der Waals surface area contributed by atoms with Gasteiger partial charge >= 0.3 is 0 Å². The van der Waals surface area contributed by atoms with Crippen molar-refractivity contribution in [2.45, 2.75) is 13.2 Å². The van der Waals surface area contributed by atoms with Gasteiger partial charge in [-0.3, -0.25) is 9.48 Å². The second-order valence-corrected chi connectivity index (χ2v) is 7.15. The summed E-state index contributed by atoms with van der Waals surface area (Å²) in [6.07, 6.45) is 3.31. The summed E-state index contributed by atoms with van der Waals surface area (Å²) in [5, 5.41) is 7.10. The Hall–Kier alpha value is -4.13. The van der Waals surface area contributed by atoms with Crippen LogP contribution in [-0.2, 0) is 13.2 Å². The second kappa shape index (κ2) is 9.78. The monoisotopic (exact) mass is 431 g/mol. The number of halogens is 1. The van der Waals surface area contributed by atoms with Crippen molar-refractivity contribution in [3.8, 4) is 11.5 Å². The summed E-state index contributed by atoms with van der Waals surface area (Å²) >= 11 is 0. The third-order valence-corrected chi connectivity index (χ3v) is 4.80. The topological polar surface area (TPSA) is 65.4 Å². The molecule has 6 nitrogen and oxygen atoms in total. The average molecular weight is 431 g/mol. The zero-order valence-electron chi connectivity index (χ0n) is 17.5. The zero-order valence-corrected chi connectivity index (χ0v) is 17.5. The van der Waals surface area contributed by atoms with Crippen molar-refractivity contribution in [2.75, 3.05) is 12.4 Å². The lowest BCUT2D eigenvalue weighted by Crippen LogP contribution is -2.12. The number of nitrogens with zero attached hydrogens (tertiary/aromatic N) is 2. The van der Waals surface area contributed by atoms with E-state index >= 15 is 0 Å². The minimum atomic E-state index is -0.280. The van der Waals surface area contributed by atoms with Gasteiger partial charge in [-0.15, -0.1) is 0 Å². The Bertz CT molecular complexity index is 1210. The number of rotatable bonds is 8. The van der Waals surface area contributed by atoms with E-state index in [0.29, 0.717) is 35.9 Å². The number of anilines is 1. The number of methoxy groups -OCH3 is 1. The molecule has 0 atom stereocenters. The Morgan fingerprint density at radius 2 is 1.78 bits per heavy atom. The first-order chi connectivity index (χ1) is 15.6.